The predicted molar refractivity (Wildman–Crippen MR) is 234 cm³/mol. The summed E-state index contributed by atoms with van der Waals surface area (Å²) in [5.74, 6) is 0. The summed E-state index contributed by atoms with van der Waals surface area (Å²) in [5.41, 5.74) is 17.8. The molecule has 11 rings (SSSR count). The van der Waals surface area contributed by atoms with Gasteiger partial charge in [-0.05, 0) is 127 Å². The normalized spacial score (nSPS) is 11.6. The first-order chi connectivity index (χ1) is 27.7. The molecule has 0 spiro atoms. The standard InChI is InChI=1S/C54H34O2/c1-3-19-51-47(17-1)49-27-25-45(33-53(49)55-51)43-15-7-13-41(31-43)39-11-5-9-37(29-39)35-21-23-36(24-22-35)38-10-6-12-40(30-38)42-14-8-16-44(32-42)46-26-28-50-48-18-2-4-20-52(48)56-54(50)34-46/h1-34H. The Morgan fingerprint density at radius 2 is 0.446 bits per heavy atom. The Morgan fingerprint density at radius 3 is 0.804 bits per heavy atom. The highest BCUT2D eigenvalue weighted by atomic mass is 16.3. The minimum atomic E-state index is 0.911. The molecule has 2 aromatic heterocycles. The molecule has 0 bridgehead atoms. The highest BCUT2D eigenvalue weighted by Crippen LogP contribution is 2.37. The Kier molecular flexibility index (Phi) is 7.53. The highest BCUT2D eigenvalue weighted by Gasteiger charge is 2.12. The molecule has 0 aliphatic heterocycles. The van der Waals surface area contributed by atoms with Crippen molar-refractivity contribution in [2.45, 2.75) is 0 Å². The fourth-order valence-electron chi connectivity index (χ4n) is 8.18. The summed E-state index contributed by atoms with van der Waals surface area (Å²) in [6.45, 7) is 0. The molecule has 0 fully saturated rings. The van der Waals surface area contributed by atoms with Crippen LogP contribution in [0.1, 0.15) is 0 Å². The van der Waals surface area contributed by atoms with Gasteiger partial charge in [0.05, 0.1) is 0 Å². The van der Waals surface area contributed by atoms with Crippen LogP contribution in [-0.4, -0.2) is 0 Å². The van der Waals surface area contributed by atoms with Crippen molar-refractivity contribution in [1.82, 2.24) is 0 Å². The third-order valence-electron chi connectivity index (χ3n) is 11.1. The molecule has 2 nitrogen and oxygen atoms in total. The number of fused-ring (bicyclic) bond motifs is 6. The molecular weight excluding hydrogens is 681 g/mol. The van der Waals surface area contributed by atoms with E-state index in [4.69, 9.17) is 8.83 Å². The molecule has 0 aliphatic carbocycles. The lowest BCUT2D eigenvalue weighted by molar-refractivity contribution is 0.668. The molecule has 11 aromatic rings. The van der Waals surface area contributed by atoms with E-state index < -0.39 is 0 Å². The topological polar surface area (TPSA) is 26.3 Å². The van der Waals surface area contributed by atoms with E-state index in [1.165, 1.54) is 44.5 Å². The molecule has 0 saturated heterocycles. The second-order valence-corrected chi connectivity index (χ2v) is 14.5. The van der Waals surface area contributed by atoms with Crippen LogP contribution in [0.2, 0.25) is 0 Å². The number of hydrogen-bond acceptors (Lipinski definition) is 2. The van der Waals surface area contributed by atoms with E-state index in [-0.39, 0.29) is 0 Å². The van der Waals surface area contributed by atoms with Gasteiger partial charge in [0.2, 0.25) is 0 Å². The lowest BCUT2D eigenvalue weighted by Crippen LogP contribution is -1.85. The number of hydrogen-bond donors (Lipinski definition) is 0. The molecular formula is C54H34O2. The summed E-state index contributed by atoms with van der Waals surface area (Å²) >= 11 is 0. The number of benzene rings is 9. The van der Waals surface area contributed by atoms with Gasteiger partial charge in [-0.3, -0.25) is 0 Å². The molecule has 0 aliphatic rings. The summed E-state index contributed by atoms with van der Waals surface area (Å²) in [6.07, 6.45) is 0. The average Bonchev–Trinajstić information content (AvgIpc) is 3.84. The minimum absolute atomic E-state index is 0.911. The molecule has 262 valence electrons. The van der Waals surface area contributed by atoms with Crippen molar-refractivity contribution >= 4 is 43.9 Å². The van der Waals surface area contributed by atoms with Crippen LogP contribution in [-0.2, 0) is 0 Å². The highest BCUT2D eigenvalue weighted by molar-refractivity contribution is 6.07. The van der Waals surface area contributed by atoms with E-state index in [0.717, 1.165) is 66.1 Å². The van der Waals surface area contributed by atoms with Crippen LogP contribution in [0, 0.1) is 0 Å². The van der Waals surface area contributed by atoms with Crippen molar-refractivity contribution in [3.05, 3.63) is 206 Å². The summed E-state index contributed by atoms with van der Waals surface area (Å²) < 4.78 is 12.4. The third kappa shape index (κ3) is 5.68. The fraction of sp³-hybridized carbons (Fsp3) is 0. The van der Waals surface area contributed by atoms with Crippen LogP contribution >= 0.6 is 0 Å². The monoisotopic (exact) mass is 714 g/mol. The van der Waals surface area contributed by atoms with Crippen LogP contribution in [0.15, 0.2) is 215 Å². The van der Waals surface area contributed by atoms with E-state index in [0.29, 0.717) is 0 Å². The van der Waals surface area contributed by atoms with Crippen molar-refractivity contribution in [2.24, 2.45) is 0 Å². The van der Waals surface area contributed by atoms with E-state index in [2.05, 4.69) is 182 Å². The number of furan rings is 2. The first kappa shape index (κ1) is 32.0. The van der Waals surface area contributed by atoms with Gasteiger partial charge in [-0.1, -0.05) is 146 Å². The van der Waals surface area contributed by atoms with Crippen molar-refractivity contribution in [3.8, 4) is 66.8 Å². The molecule has 0 saturated carbocycles. The second kappa shape index (κ2) is 13.2. The van der Waals surface area contributed by atoms with Gasteiger partial charge < -0.3 is 8.83 Å². The van der Waals surface area contributed by atoms with Crippen LogP contribution in [0.5, 0.6) is 0 Å². The fourth-order valence-corrected chi connectivity index (χ4v) is 8.18. The van der Waals surface area contributed by atoms with Crippen molar-refractivity contribution in [2.75, 3.05) is 0 Å². The van der Waals surface area contributed by atoms with Gasteiger partial charge in [-0.15, -0.1) is 0 Å². The Bertz CT molecular complexity index is 3030. The van der Waals surface area contributed by atoms with E-state index in [9.17, 15) is 0 Å². The Balaban J connectivity index is 0.848. The molecule has 56 heavy (non-hydrogen) atoms. The molecule has 0 atom stereocenters. The van der Waals surface area contributed by atoms with Crippen LogP contribution in [0.3, 0.4) is 0 Å². The maximum absolute atomic E-state index is 6.19. The Morgan fingerprint density at radius 1 is 0.179 bits per heavy atom. The van der Waals surface area contributed by atoms with Crippen molar-refractivity contribution in [3.63, 3.8) is 0 Å². The van der Waals surface area contributed by atoms with Crippen LogP contribution < -0.4 is 0 Å². The maximum atomic E-state index is 6.19. The van der Waals surface area contributed by atoms with Gasteiger partial charge in [0, 0.05) is 21.5 Å². The summed E-state index contributed by atoms with van der Waals surface area (Å²) in [6, 6.07) is 73.6. The number of para-hydroxylation sites is 2. The average molecular weight is 715 g/mol. The van der Waals surface area contributed by atoms with Gasteiger partial charge >= 0.3 is 0 Å². The van der Waals surface area contributed by atoms with Gasteiger partial charge in [-0.25, -0.2) is 0 Å². The largest absolute Gasteiger partial charge is 0.456 e. The summed E-state index contributed by atoms with van der Waals surface area (Å²) in [7, 11) is 0. The lowest BCUT2D eigenvalue weighted by Gasteiger charge is -2.10. The number of rotatable bonds is 6. The molecule has 0 radical (unpaired) electrons. The van der Waals surface area contributed by atoms with Crippen LogP contribution in [0.4, 0.5) is 0 Å². The molecule has 0 amide bonds. The summed E-state index contributed by atoms with van der Waals surface area (Å²) in [4.78, 5) is 0. The van der Waals surface area contributed by atoms with E-state index >= 15 is 0 Å². The zero-order valence-electron chi connectivity index (χ0n) is 30.4. The Labute approximate surface area is 324 Å². The van der Waals surface area contributed by atoms with Gasteiger partial charge in [0.15, 0.2) is 0 Å². The van der Waals surface area contributed by atoms with Gasteiger partial charge in [-0.2, -0.15) is 0 Å². The SMILES string of the molecule is c1cc(-c2ccc(-c3cccc(-c4cccc(-c5ccc6c(c5)oc5ccccc56)c4)c3)cc2)cc(-c2cccc(-c3ccc4c(c3)oc3ccccc34)c2)c1. The predicted octanol–water partition coefficient (Wildman–Crippen LogP) is 15.5. The zero-order chi connectivity index (χ0) is 37.0. The Hall–Kier alpha value is -7.42. The maximum Gasteiger partial charge on any atom is 0.136 e. The smallest absolute Gasteiger partial charge is 0.136 e. The third-order valence-corrected chi connectivity index (χ3v) is 11.1. The molecule has 0 N–H and O–H groups in total. The second-order valence-electron chi connectivity index (χ2n) is 14.5. The van der Waals surface area contributed by atoms with Crippen molar-refractivity contribution < 1.29 is 8.83 Å². The lowest BCUT2D eigenvalue weighted by atomic mass is 9.94. The van der Waals surface area contributed by atoms with E-state index in [1.54, 1.807) is 0 Å². The first-order valence-electron chi connectivity index (χ1n) is 19.1. The van der Waals surface area contributed by atoms with Gasteiger partial charge in [0.1, 0.15) is 22.3 Å². The molecule has 2 heteroatoms. The zero-order valence-corrected chi connectivity index (χ0v) is 30.4. The molecule has 9 aromatic carbocycles. The molecule has 2 heterocycles. The summed E-state index contributed by atoms with van der Waals surface area (Å²) in [5, 5.41) is 4.59. The van der Waals surface area contributed by atoms with Gasteiger partial charge in [0.25, 0.3) is 0 Å². The van der Waals surface area contributed by atoms with E-state index in [1.807, 2.05) is 24.3 Å². The minimum Gasteiger partial charge on any atom is -0.456 e. The quantitative estimate of drug-likeness (QED) is 0.171. The molecule has 0 unspecified atom stereocenters. The van der Waals surface area contributed by atoms with Crippen LogP contribution in [0.25, 0.3) is 111 Å². The van der Waals surface area contributed by atoms with Crippen molar-refractivity contribution in [1.29, 1.82) is 0 Å². The first-order valence-corrected chi connectivity index (χ1v) is 19.1.